The Balaban J connectivity index is 0.000000139. The Morgan fingerprint density at radius 1 is 0.547 bits per heavy atom. The first kappa shape index (κ1) is 69.5. The molecule has 4 aliphatic heterocycles. The highest BCUT2D eigenvalue weighted by molar-refractivity contribution is 7.79. The van der Waals surface area contributed by atoms with Crippen molar-refractivity contribution < 1.29 is 38.6 Å². The van der Waals surface area contributed by atoms with E-state index in [4.69, 9.17) is 63.6 Å². The van der Waals surface area contributed by atoms with Crippen LogP contribution in [0.2, 0.25) is 0 Å². The Bertz CT molecular complexity index is 4710. The van der Waals surface area contributed by atoms with Gasteiger partial charge in [0.1, 0.15) is 43.1 Å². The molecule has 0 unspecified atom stereocenters. The van der Waals surface area contributed by atoms with E-state index < -0.39 is 69.1 Å². The van der Waals surface area contributed by atoms with E-state index in [0.717, 1.165) is 88.6 Å². The van der Waals surface area contributed by atoms with Crippen molar-refractivity contribution in [1.29, 1.82) is 0 Å². The van der Waals surface area contributed by atoms with Gasteiger partial charge in [0.25, 0.3) is 22.2 Å². The molecule has 1 aromatic carbocycles. The topological polar surface area (TPSA) is 471 Å². The lowest BCUT2D eigenvalue weighted by Gasteiger charge is -2.21. The third-order valence-corrected chi connectivity index (χ3v) is 19.8. The van der Waals surface area contributed by atoms with Crippen LogP contribution in [-0.2, 0) is 23.7 Å². The second kappa shape index (κ2) is 29.3. The number of thiocarbonyl (C=S) groups is 1. The molecular formula is C58H70N16O16S5. The molecule has 0 aliphatic carbocycles. The van der Waals surface area contributed by atoms with Crippen LogP contribution in [0, 0.1) is 11.8 Å². The molecule has 37 heteroatoms. The molecule has 32 nitrogen and oxygen atoms in total. The highest BCUT2D eigenvalue weighted by atomic mass is 32.1. The average molecular weight is 1410 g/mol. The van der Waals surface area contributed by atoms with Gasteiger partial charge < -0.3 is 61.6 Å². The van der Waals surface area contributed by atoms with Gasteiger partial charge in [0, 0.05) is 36.9 Å². The number of rotatable bonds is 14. The van der Waals surface area contributed by atoms with E-state index >= 15 is 0 Å². The van der Waals surface area contributed by atoms with Crippen LogP contribution in [-0.4, -0.2) is 117 Å². The minimum absolute atomic E-state index is 0.00413. The second-order valence-electron chi connectivity index (χ2n) is 23.0. The number of nitrogens with one attached hydrogen (secondary N) is 4. The summed E-state index contributed by atoms with van der Waals surface area (Å²) in [5, 5.41) is 19.4. The molecule has 4 saturated heterocycles. The van der Waals surface area contributed by atoms with Crippen LogP contribution >= 0.6 is 57.6 Å². The first-order valence-corrected chi connectivity index (χ1v) is 33.7. The summed E-state index contributed by atoms with van der Waals surface area (Å²) in [6.07, 6.45) is 1.56. The molecular weight excluding hydrogens is 1340 g/mol. The summed E-state index contributed by atoms with van der Waals surface area (Å²) < 4.78 is 41.2. The second-order valence-corrected chi connectivity index (χ2v) is 27.2. The van der Waals surface area contributed by atoms with Crippen LogP contribution in [0.4, 0.5) is 23.8 Å². The molecule has 8 aromatic heterocycles. The largest absolute Gasteiger partial charge is 0.448 e. The molecule has 508 valence electrons. The quantitative estimate of drug-likeness (QED) is 0.0527. The Labute approximate surface area is 557 Å². The third kappa shape index (κ3) is 15.0. The number of nitrogen functional groups attached to an aromatic ring is 4. The number of hydrogen-bond donors (Lipinski definition) is 10. The predicted molar refractivity (Wildman–Crippen MR) is 364 cm³/mol. The maximum absolute atomic E-state index is 12.7. The maximum Gasteiger partial charge on any atom is 0.358 e. The first-order valence-electron chi connectivity index (χ1n) is 30.0. The predicted octanol–water partition coefficient (Wildman–Crippen LogP) is 4.56. The summed E-state index contributed by atoms with van der Waals surface area (Å²) in [5.41, 5.74) is 23.5. The lowest BCUT2D eigenvalue weighted by atomic mass is 9.95. The summed E-state index contributed by atoms with van der Waals surface area (Å²) in [7, 11) is 0. The van der Waals surface area contributed by atoms with E-state index in [1.165, 1.54) is 18.3 Å². The monoisotopic (exact) mass is 1410 g/mol. The number of nitrogens with two attached hydrogens (primary N) is 4. The Kier molecular flexibility index (Phi) is 21.4. The van der Waals surface area contributed by atoms with Crippen LogP contribution in [0.5, 0.6) is 5.75 Å². The van der Waals surface area contributed by atoms with Crippen LogP contribution in [0.15, 0.2) is 93.0 Å². The highest BCUT2D eigenvalue weighted by Crippen LogP contribution is 2.42. The zero-order valence-electron chi connectivity index (χ0n) is 51.8. The van der Waals surface area contributed by atoms with Gasteiger partial charge in [-0.05, 0) is 70.9 Å². The van der Waals surface area contributed by atoms with E-state index in [-0.39, 0.29) is 117 Å². The molecule has 0 saturated carbocycles. The molecule has 0 bridgehead atoms. The van der Waals surface area contributed by atoms with E-state index in [9.17, 15) is 48.6 Å². The minimum atomic E-state index is -0.824. The Morgan fingerprint density at radius 3 is 1.26 bits per heavy atom. The number of aromatic amines is 4. The smallest absolute Gasteiger partial charge is 0.358 e. The fourth-order valence-electron chi connectivity index (χ4n) is 11.8. The number of fused-ring (bicyclic) bond motifs is 4. The molecule has 13 rings (SSSR count). The number of allylic oxidation sites excluding steroid dienone is 2. The van der Waals surface area contributed by atoms with Crippen LogP contribution in [0.1, 0.15) is 117 Å². The molecule has 0 amide bonds. The van der Waals surface area contributed by atoms with Gasteiger partial charge in [0.05, 0.1) is 31.0 Å². The summed E-state index contributed by atoms with van der Waals surface area (Å²) in [5.74, 6) is 0.433. The van der Waals surface area contributed by atoms with E-state index in [1.807, 2.05) is 45.9 Å². The SMILES string of the molecule is C=C(C)C[C@@H]1C[C@@H](CC)O[C@H]1n1c(=O)sc2c(=O)[nH]c(N)nc21.C=C(C)C[C@@H]1C[C@@H](CO)O[C@H]1n1c(=O)sc2c(=O)[nH]c(N)nc21.CC[C@@H]1C[C@@H](O)[C@H](n2c(=O)sc3c(=O)[nH]c(N)nc32)O1.CC[C@@H]1C[C@@H](OC(=S)Oc2ccccc2)[C@H](n2c(=O)sc3c(=O)[nH]c(N)nc32)O1. The summed E-state index contributed by atoms with van der Waals surface area (Å²) in [6, 6.07) is 9.00. The van der Waals surface area contributed by atoms with Crippen molar-refractivity contribution in [3.8, 4) is 5.75 Å². The Morgan fingerprint density at radius 2 is 0.884 bits per heavy atom. The molecule has 4 fully saturated rings. The number of benzene rings is 1. The van der Waals surface area contributed by atoms with Gasteiger partial charge in [0.15, 0.2) is 41.1 Å². The number of ether oxygens (including phenoxy) is 6. The van der Waals surface area contributed by atoms with Gasteiger partial charge in [-0.15, -0.1) is 13.2 Å². The van der Waals surface area contributed by atoms with Gasteiger partial charge in [0.2, 0.25) is 23.8 Å². The molecule has 0 spiro atoms. The highest BCUT2D eigenvalue weighted by Gasteiger charge is 2.43. The molecule has 4 aliphatic rings. The van der Waals surface area contributed by atoms with Crippen molar-refractivity contribution in [2.24, 2.45) is 11.8 Å². The lowest BCUT2D eigenvalue weighted by Crippen LogP contribution is -2.31. The fourth-order valence-corrected chi connectivity index (χ4v) is 15.4. The molecule has 95 heavy (non-hydrogen) atoms. The number of thiazole rings is 4. The molecule has 0 radical (unpaired) electrons. The van der Waals surface area contributed by atoms with E-state index in [2.05, 4.69) is 60.0 Å². The number of nitrogens with zero attached hydrogens (tertiary/aromatic N) is 8. The van der Waals surface area contributed by atoms with Crippen molar-refractivity contribution in [1.82, 2.24) is 58.1 Å². The minimum Gasteiger partial charge on any atom is -0.448 e. The standard InChI is InChI=1S/C18H18N4O5S2.C15H20N4O3S.C14H18N4O4S.C11H14N4O4S/c1-2-9-8-11(27-18(28)26-10-6-4-3-5-7-10)15(25-9)22-13-12(29-17(22)24)14(23)21-16(19)20-13;1-4-9-6-8(5-7(2)3)13(22-9)19-11-10(23-15(19)21)12(20)18-14(16)17-11;1-6(2)3-7-4-8(5-19)22-12(7)18-10-9(23-14(18)21)11(20)17-13(15)16-10;1-2-4-3-5(16)9(19-4)15-7-6(20-11(15)18)8(17)14-10(12)13-7/h3-7,9,11,15H,2,8H2,1H3,(H3,19,20,21,23);8-9,13H,2,4-6H2,1,3H3,(H3,16,17,18,20);7-8,12,19H,1,3-5H2,2H3,(H3,15,16,17,20);4-5,9,16H,2-3H2,1H3,(H3,12,13,14,17)/t9-,11-,15-;8-,9-,13-;7-,8+,12-;4-,5-,9-/m1111/s1. The Hall–Kier alpha value is -8.37. The summed E-state index contributed by atoms with van der Waals surface area (Å²) in [6.45, 7) is 17.6. The van der Waals surface area contributed by atoms with Gasteiger partial charge in [-0.1, -0.05) is 95.5 Å². The van der Waals surface area contributed by atoms with Crippen molar-refractivity contribution in [3.05, 3.63) is 135 Å². The average Bonchev–Trinajstić information content (AvgIpc) is 1.64. The fraction of sp³-hybridized carbons (Fsp3) is 0.466. The lowest BCUT2D eigenvalue weighted by molar-refractivity contribution is -0.0364. The number of para-hydroxylation sites is 1. The molecule has 12 atom stereocenters. The van der Waals surface area contributed by atoms with E-state index in [1.54, 1.807) is 12.1 Å². The van der Waals surface area contributed by atoms with Gasteiger partial charge >= 0.3 is 24.7 Å². The number of aliphatic hydroxyl groups excluding tert-OH is 2. The number of H-pyrrole nitrogens is 4. The van der Waals surface area contributed by atoms with Crippen molar-refractivity contribution >= 4 is 128 Å². The molecule has 12 heterocycles. The van der Waals surface area contributed by atoms with Crippen LogP contribution in [0.3, 0.4) is 0 Å². The van der Waals surface area contributed by atoms with Gasteiger partial charge in [-0.2, -0.15) is 19.9 Å². The number of aliphatic hydroxyl groups is 2. The summed E-state index contributed by atoms with van der Waals surface area (Å²) >= 11 is 8.46. The molecule has 14 N–H and O–H groups in total. The molecule has 9 aromatic rings. The van der Waals surface area contributed by atoms with Gasteiger partial charge in [-0.25, -0.2) is 0 Å². The van der Waals surface area contributed by atoms with Crippen LogP contribution < -0.4 is 69.4 Å². The van der Waals surface area contributed by atoms with Crippen molar-refractivity contribution in [2.75, 3.05) is 29.5 Å². The maximum atomic E-state index is 12.7. The first-order chi connectivity index (χ1) is 45.3. The van der Waals surface area contributed by atoms with Crippen LogP contribution in [0.25, 0.3) is 41.4 Å². The van der Waals surface area contributed by atoms with Gasteiger partial charge in [-0.3, -0.25) is 76.6 Å². The van der Waals surface area contributed by atoms with Crippen molar-refractivity contribution in [2.45, 2.75) is 154 Å². The van der Waals surface area contributed by atoms with Crippen molar-refractivity contribution in [3.63, 3.8) is 0 Å². The zero-order valence-corrected chi connectivity index (χ0v) is 55.9. The summed E-state index contributed by atoms with van der Waals surface area (Å²) in [4.78, 5) is 122. The normalized spacial score (nSPS) is 23.9. The number of hydrogen-bond acceptors (Lipinski definition) is 29. The van der Waals surface area contributed by atoms with E-state index in [0.29, 0.717) is 37.1 Å². The zero-order chi connectivity index (χ0) is 68.4. The number of aromatic nitrogens is 12. The third-order valence-electron chi connectivity index (χ3n) is 15.9. The number of anilines is 4.